The van der Waals surface area contributed by atoms with Gasteiger partial charge in [0.15, 0.2) is 5.76 Å². The number of hydrogen-bond donors (Lipinski definition) is 2. The first-order valence-electron chi connectivity index (χ1n) is 9.29. The van der Waals surface area contributed by atoms with Crippen molar-refractivity contribution in [1.82, 2.24) is 5.32 Å². The van der Waals surface area contributed by atoms with Crippen LogP contribution in [0.3, 0.4) is 0 Å². The first-order valence-corrected chi connectivity index (χ1v) is 9.29. The fourth-order valence-electron chi connectivity index (χ4n) is 3.78. The molecule has 5 heteroatoms. The quantitative estimate of drug-likeness (QED) is 0.726. The number of furan rings is 1. The number of nitrogens with one attached hydrogen (secondary N) is 1. The predicted molar refractivity (Wildman–Crippen MR) is 102 cm³/mol. The average Bonchev–Trinajstić information content (AvgIpc) is 3.17. The summed E-state index contributed by atoms with van der Waals surface area (Å²) in [6.45, 7) is 1.37. The van der Waals surface area contributed by atoms with E-state index in [1.807, 2.05) is 54.6 Å². The fraction of sp³-hybridized carbons (Fsp3) is 0.318. The fourth-order valence-corrected chi connectivity index (χ4v) is 3.78. The van der Waals surface area contributed by atoms with E-state index in [9.17, 15) is 9.90 Å². The smallest absolute Gasteiger partial charge is 0.287 e. The molecular formula is C22H23NO4. The van der Waals surface area contributed by atoms with Crippen molar-refractivity contribution in [3.05, 3.63) is 72.0 Å². The number of ether oxygens (including phenoxy) is 1. The van der Waals surface area contributed by atoms with Crippen molar-refractivity contribution in [3.63, 3.8) is 0 Å². The third-order valence-electron chi connectivity index (χ3n) is 5.34. The molecule has 0 unspecified atom stereocenters. The van der Waals surface area contributed by atoms with Crippen molar-refractivity contribution in [3.8, 4) is 0 Å². The van der Waals surface area contributed by atoms with Gasteiger partial charge in [0, 0.05) is 18.6 Å². The lowest BCUT2D eigenvalue weighted by Crippen LogP contribution is -2.47. The predicted octanol–water partition coefficient (Wildman–Crippen LogP) is 3.48. The van der Waals surface area contributed by atoms with E-state index in [-0.39, 0.29) is 24.1 Å². The lowest BCUT2D eigenvalue weighted by molar-refractivity contribution is -0.0680. The summed E-state index contributed by atoms with van der Waals surface area (Å²) in [5.41, 5.74) is 0.333. The molecule has 1 aliphatic heterocycles. The third-order valence-corrected chi connectivity index (χ3v) is 5.34. The summed E-state index contributed by atoms with van der Waals surface area (Å²) in [5.74, 6) is -0.0594. The highest BCUT2D eigenvalue weighted by Crippen LogP contribution is 2.35. The Balaban J connectivity index is 1.55. The Bertz CT molecular complexity index is 881. The molecule has 2 aromatic carbocycles. The molecule has 4 rings (SSSR count). The summed E-state index contributed by atoms with van der Waals surface area (Å²) in [5, 5.41) is 15.3. The van der Waals surface area contributed by atoms with Crippen molar-refractivity contribution in [2.45, 2.75) is 18.4 Å². The lowest BCUT2D eigenvalue weighted by Gasteiger charge is -2.39. The monoisotopic (exact) mass is 365 g/mol. The Labute approximate surface area is 157 Å². The molecule has 1 saturated heterocycles. The number of carbonyl (C=O) groups is 1. The van der Waals surface area contributed by atoms with E-state index >= 15 is 0 Å². The maximum atomic E-state index is 12.6. The normalized spacial score (nSPS) is 17.5. The van der Waals surface area contributed by atoms with Crippen LogP contribution >= 0.6 is 0 Å². The van der Waals surface area contributed by atoms with E-state index in [1.165, 1.54) is 0 Å². The van der Waals surface area contributed by atoms with Crippen LogP contribution in [0, 0.1) is 5.92 Å². The van der Waals surface area contributed by atoms with Crippen molar-refractivity contribution in [2.75, 3.05) is 19.8 Å². The standard InChI is InChI=1S/C22H23NO4/c24-21(20-14-16-6-4-5-9-19(16)27-20)23-15-22(25,17-7-2-1-3-8-17)18-10-12-26-13-11-18/h1-9,14,18,25H,10-13,15H2,(H,23,24)/t22-/m1/s1. The molecule has 0 spiro atoms. The molecule has 0 aliphatic carbocycles. The van der Waals surface area contributed by atoms with Crippen LogP contribution in [0.1, 0.15) is 29.0 Å². The number of amides is 1. The zero-order chi connectivity index (χ0) is 18.7. The van der Waals surface area contributed by atoms with Gasteiger partial charge in [0.2, 0.25) is 0 Å². The maximum Gasteiger partial charge on any atom is 0.287 e. The Hall–Kier alpha value is -2.63. The Kier molecular flexibility index (Phi) is 4.97. The number of hydrogen-bond acceptors (Lipinski definition) is 4. The number of para-hydroxylation sites is 1. The van der Waals surface area contributed by atoms with Gasteiger partial charge in [0.25, 0.3) is 5.91 Å². The van der Waals surface area contributed by atoms with Crippen molar-refractivity contribution < 1.29 is 19.1 Å². The molecule has 1 amide bonds. The van der Waals surface area contributed by atoms with E-state index < -0.39 is 5.60 Å². The largest absolute Gasteiger partial charge is 0.451 e. The first kappa shape index (κ1) is 17.8. The molecule has 0 saturated carbocycles. The first-order chi connectivity index (χ1) is 13.2. The topological polar surface area (TPSA) is 71.7 Å². The highest BCUT2D eigenvalue weighted by atomic mass is 16.5. The van der Waals surface area contributed by atoms with E-state index in [0.29, 0.717) is 18.8 Å². The molecule has 1 aromatic heterocycles. The van der Waals surface area contributed by atoms with Gasteiger partial charge in [-0.25, -0.2) is 0 Å². The van der Waals surface area contributed by atoms with E-state index in [4.69, 9.17) is 9.15 Å². The highest BCUT2D eigenvalue weighted by Gasteiger charge is 2.39. The van der Waals surface area contributed by atoms with Gasteiger partial charge in [0.05, 0.1) is 6.54 Å². The Morgan fingerprint density at radius 1 is 1.07 bits per heavy atom. The SMILES string of the molecule is O=C(NC[C@@](O)(c1ccccc1)C1CCOCC1)c1cc2ccccc2o1. The Morgan fingerprint density at radius 3 is 2.52 bits per heavy atom. The average molecular weight is 365 g/mol. The van der Waals surface area contributed by atoms with Crippen LogP contribution in [0.25, 0.3) is 11.0 Å². The molecule has 5 nitrogen and oxygen atoms in total. The molecule has 1 atom stereocenters. The molecule has 140 valence electrons. The van der Waals surface area contributed by atoms with Crippen LogP contribution in [0.2, 0.25) is 0 Å². The minimum Gasteiger partial charge on any atom is -0.451 e. The van der Waals surface area contributed by atoms with Gasteiger partial charge in [-0.1, -0.05) is 48.5 Å². The Morgan fingerprint density at radius 2 is 1.78 bits per heavy atom. The van der Waals surface area contributed by atoms with Crippen LogP contribution in [0.4, 0.5) is 0 Å². The number of benzene rings is 2. The molecule has 3 aromatic rings. The summed E-state index contributed by atoms with van der Waals surface area (Å²) in [6, 6.07) is 18.8. The number of aliphatic hydroxyl groups is 1. The van der Waals surface area contributed by atoms with Gasteiger partial charge in [-0.3, -0.25) is 4.79 Å². The molecule has 1 aliphatic rings. The molecule has 0 bridgehead atoms. The van der Waals surface area contributed by atoms with Crippen LogP contribution in [0.5, 0.6) is 0 Å². The summed E-state index contributed by atoms with van der Waals surface area (Å²) in [7, 11) is 0. The van der Waals surface area contributed by atoms with E-state index in [1.54, 1.807) is 6.07 Å². The van der Waals surface area contributed by atoms with E-state index in [2.05, 4.69) is 5.32 Å². The summed E-state index contributed by atoms with van der Waals surface area (Å²) < 4.78 is 11.1. The van der Waals surface area contributed by atoms with Gasteiger partial charge >= 0.3 is 0 Å². The summed E-state index contributed by atoms with van der Waals surface area (Å²) >= 11 is 0. The minimum atomic E-state index is -1.15. The van der Waals surface area contributed by atoms with Gasteiger partial charge in [0.1, 0.15) is 11.2 Å². The maximum absolute atomic E-state index is 12.6. The zero-order valence-corrected chi connectivity index (χ0v) is 15.1. The molecule has 2 heterocycles. The zero-order valence-electron chi connectivity index (χ0n) is 15.1. The lowest BCUT2D eigenvalue weighted by atomic mass is 9.77. The third kappa shape index (κ3) is 3.61. The number of carbonyl (C=O) groups excluding carboxylic acids is 1. The summed E-state index contributed by atoms with van der Waals surface area (Å²) in [6.07, 6.45) is 1.51. The van der Waals surface area contributed by atoms with Crippen molar-refractivity contribution >= 4 is 16.9 Å². The molecule has 1 fully saturated rings. The molecule has 2 N–H and O–H groups in total. The number of rotatable bonds is 5. The van der Waals surface area contributed by atoms with Gasteiger partial charge in [-0.15, -0.1) is 0 Å². The van der Waals surface area contributed by atoms with Gasteiger partial charge < -0.3 is 19.6 Å². The summed E-state index contributed by atoms with van der Waals surface area (Å²) in [4.78, 5) is 12.6. The molecular weight excluding hydrogens is 342 g/mol. The van der Waals surface area contributed by atoms with Crippen LogP contribution < -0.4 is 5.32 Å². The minimum absolute atomic E-state index is 0.0182. The molecule has 0 radical (unpaired) electrons. The van der Waals surface area contributed by atoms with Gasteiger partial charge in [-0.2, -0.15) is 0 Å². The van der Waals surface area contributed by atoms with Gasteiger partial charge in [-0.05, 0) is 36.5 Å². The van der Waals surface area contributed by atoms with Crippen LogP contribution in [-0.4, -0.2) is 30.8 Å². The highest BCUT2D eigenvalue weighted by molar-refractivity contribution is 5.96. The second-order valence-corrected chi connectivity index (χ2v) is 7.01. The van der Waals surface area contributed by atoms with Crippen LogP contribution in [0.15, 0.2) is 65.1 Å². The molecule has 27 heavy (non-hydrogen) atoms. The van der Waals surface area contributed by atoms with Crippen molar-refractivity contribution in [1.29, 1.82) is 0 Å². The van der Waals surface area contributed by atoms with Crippen LogP contribution in [-0.2, 0) is 10.3 Å². The number of fused-ring (bicyclic) bond motifs is 1. The second kappa shape index (κ2) is 7.55. The van der Waals surface area contributed by atoms with E-state index in [0.717, 1.165) is 23.8 Å². The second-order valence-electron chi connectivity index (χ2n) is 7.01. The van der Waals surface area contributed by atoms with Crippen molar-refractivity contribution in [2.24, 2.45) is 5.92 Å².